The Morgan fingerprint density at radius 3 is 2.45 bits per heavy atom. The Morgan fingerprint density at radius 1 is 1.00 bits per heavy atom. The first-order valence-corrected chi connectivity index (χ1v) is 12.5. The molecule has 1 aromatic heterocycles. The van der Waals surface area contributed by atoms with Crippen LogP contribution >= 0.6 is 0 Å². The van der Waals surface area contributed by atoms with Gasteiger partial charge in [-0.1, -0.05) is 24.6 Å². The SMILES string of the molecule is O=C(Nc1ccc(-c2cc(C3CCC3)n(C(=O)NCc3cccc(F)c3)n2)c(O)c1)c1cccc(C(F)(F)F)c1. The molecule has 0 aliphatic heterocycles. The standard InChI is InChI=1S/C29H24F4N4O3/c30-21-9-1-4-17(12-21)16-34-28(40)37-25(18-5-2-6-18)15-24(36-37)23-11-10-22(14-26(23)38)35-27(39)19-7-3-8-20(13-19)29(31,32)33/h1,3-4,7-15,18,38H,2,5-6,16H2,(H,34,40)(H,35,39). The van der Waals surface area contributed by atoms with Crippen LogP contribution in [0.25, 0.3) is 11.3 Å². The van der Waals surface area contributed by atoms with Crippen LogP contribution in [0.2, 0.25) is 0 Å². The van der Waals surface area contributed by atoms with Crippen LogP contribution in [0.5, 0.6) is 5.75 Å². The molecule has 4 aromatic rings. The maximum Gasteiger partial charge on any atom is 0.416 e. The number of nitrogens with zero attached hydrogens (tertiary/aromatic N) is 2. The van der Waals surface area contributed by atoms with Crippen molar-refractivity contribution in [3.63, 3.8) is 0 Å². The van der Waals surface area contributed by atoms with E-state index in [-0.39, 0.29) is 29.5 Å². The largest absolute Gasteiger partial charge is 0.507 e. The number of carbonyl (C=O) groups excluding carboxylic acids is 2. The molecule has 0 bridgehead atoms. The third-order valence-electron chi connectivity index (χ3n) is 6.77. The molecular formula is C29H24F4N4O3. The molecule has 7 nitrogen and oxygen atoms in total. The number of anilines is 1. The number of hydrogen-bond acceptors (Lipinski definition) is 4. The van der Waals surface area contributed by atoms with Gasteiger partial charge in [0.1, 0.15) is 11.6 Å². The van der Waals surface area contributed by atoms with Crippen molar-refractivity contribution >= 4 is 17.6 Å². The number of phenols is 1. The van der Waals surface area contributed by atoms with Gasteiger partial charge in [0.25, 0.3) is 5.91 Å². The van der Waals surface area contributed by atoms with Crippen molar-refractivity contribution in [1.29, 1.82) is 0 Å². The van der Waals surface area contributed by atoms with Crippen LogP contribution in [0.3, 0.4) is 0 Å². The van der Waals surface area contributed by atoms with Crippen molar-refractivity contribution in [2.24, 2.45) is 0 Å². The van der Waals surface area contributed by atoms with E-state index < -0.39 is 29.5 Å². The van der Waals surface area contributed by atoms with Crippen LogP contribution in [0.1, 0.15) is 52.4 Å². The van der Waals surface area contributed by atoms with Gasteiger partial charge in [0.15, 0.2) is 0 Å². The Morgan fingerprint density at radius 2 is 1.77 bits per heavy atom. The molecule has 1 aliphatic rings. The highest BCUT2D eigenvalue weighted by atomic mass is 19.4. The summed E-state index contributed by atoms with van der Waals surface area (Å²) in [7, 11) is 0. The number of phenolic OH excluding ortho intramolecular Hbond substituents is 1. The average molecular weight is 553 g/mol. The van der Waals surface area contributed by atoms with Crippen molar-refractivity contribution in [3.8, 4) is 17.0 Å². The highest BCUT2D eigenvalue weighted by molar-refractivity contribution is 6.04. The maximum absolute atomic E-state index is 13.5. The van der Waals surface area contributed by atoms with Crippen LogP contribution < -0.4 is 10.6 Å². The number of hydrogen-bond donors (Lipinski definition) is 3. The fourth-order valence-electron chi connectivity index (χ4n) is 4.45. The van der Waals surface area contributed by atoms with Crippen molar-refractivity contribution in [2.75, 3.05) is 5.32 Å². The van der Waals surface area contributed by atoms with E-state index in [1.54, 1.807) is 18.2 Å². The number of benzene rings is 3. The Balaban J connectivity index is 1.35. The summed E-state index contributed by atoms with van der Waals surface area (Å²) in [5, 5.41) is 20.4. The quantitative estimate of drug-likeness (QED) is 0.232. The smallest absolute Gasteiger partial charge is 0.416 e. The van der Waals surface area contributed by atoms with E-state index in [1.165, 1.54) is 41.1 Å². The van der Waals surface area contributed by atoms with Crippen molar-refractivity contribution in [3.05, 3.63) is 101 Å². The van der Waals surface area contributed by atoms with Crippen molar-refractivity contribution in [1.82, 2.24) is 15.1 Å². The van der Waals surface area contributed by atoms with E-state index in [0.717, 1.165) is 37.5 Å². The lowest BCUT2D eigenvalue weighted by Crippen LogP contribution is -2.31. The third kappa shape index (κ3) is 5.83. The summed E-state index contributed by atoms with van der Waals surface area (Å²) in [6, 6.07) is 15.4. The molecule has 0 radical (unpaired) electrons. The summed E-state index contributed by atoms with van der Waals surface area (Å²) in [5.41, 5.74) is 0.925. The summed E-state index contributed by atoms with van der Waals surface area (Å²) < 4.78 is 53.7. The molecule has 40 heavy (non-hydrogen) atoms. The molecule has 0 spiro atoms. The second-order valence-electron chi connectivity index (χ2n) is 9.55. The molecule has 206 valence electrons. The molecule has 3 N–H and O–H groups in total. The van der Waals surface area contributed by atoms with Gasteiger partial charge in [0, 0.05) is 35.3 Å². The number of aromatic nitrogens is 2. The van der Waals surface area contributed by atoms with Crippen LogP contribution in [0, 0.1) is 5.82 Å². The second-order valence-corrected chi connectivity index (χ2v) is 9.55. The summed E-state index contributed by atoms with van der Waals surface area (Å²) in [6.45, 7) is 0.0986. The van der Waals surface area contributed by atoms with Gasteiger partial charge in [-0.3, -0.25) is 4.79 Å². The Bertz CT molecular complexity index is 1580. The van der Waals surface area contributed by atoms with Crippen LogP contribution in [-0.2, 0) is 12.7 Å². The lowest BCUT2D eigenvalue weighted by atomic mass is 9.82. The van der Waals surface area contributed by atoms with E-state index in [0.29, 0.717) is 22.5 Å². The predicted molar refractivity (Wildman–Crippen MR) is 139 cm³/mol. The topological polar surface area (TPSA) is 96.3 Å². The van der Waals surface area contributed by atoms with Gasteiger partial charge < -0.3 is 15.7 Å². The molecule has 5 rings (SSSR count). The zero-order chi connectivity index (χ0) is 28.4. The monoisotopic (exact) mass is 552 g/mol. The van der Waals surface area contributed by atoms with E-state index in [2.05, 4.69) is 15.7 Å². The Labute approximate surface area is 226 Å². The first-order valence-electron chi connectivity index (χ1n) is 12.5. The van der Waals surface area contributed by atoms with Gasteiger partial charge >= 0.3 is 12.2 Å². The van der Waals surface area contributed by atoms with Gasteiger partial charge in [-0.05, 0) is 66.9 Å². The van der Waals surface area contributed by atoms with Gasteiger partial charge in [-0.2, -0.15) is 23.0 Å². The predicted octanol–water partition coefficient (Wildman–Crippen LogP) is 6.69. The number of nitrogens with one attached hydrogen (secondary N) is 2. The molecule has 2 amide bonds. The number of alkyl halides is 3. The van der Waals surface area contributed by atoms with Gasteiger partial charge in [0.2, 0.25) is 0 Å². The molecule has 0 unspecified atom stereocenters. The molecule has 3 aromatic carbocycles. The summed E-state index contributed by atoms with van der Waals surface area (Å²) >= 11 is 0. The molecule has 0 saturated heterocycles. The zero-order valence-electron chi connectivity index (χ0n) is 21.0. The molecular weight excluding hydrogens is 528 g/mol. The van der Waals surface area contributed by atoms with Gasteiger partial charge in [-0.25, -0.2) is 9.18 Å². The van der Waals surface area contributed by atoms with Crippen molar-refractivity contribution in [2.45, 2.75) is 37.9 Å². The van der Waals surface area contributed by atoms with E-state index >= 15 is 0 Å². The lowest BCUT2D eigenvalue weighted by Gasteiger charge is -2.25. The molecule has 1 saturated carbocycles. The minimum Gasteiger partial charge on any atom is -0.507 e. The summed E-state index contributed by atoms with van der Waals surface area (Å²) in [5.74, 6) is -1.31. The van der Waals surface area contributed by atoms with Crippen LogP contribution in [0.4, 0.5) is 28.0 Å². The Kier molecular flexibility index (Phi) is 7.29. The number of carbonyl (C=O) groups is 2. The summed E-state index contributed by atoms with van der Waals surface area (Å²) in [6.07, 6.45) is -1.81. The molecule has 11 heteroatoms. The third-order valence-corrected chi connectivity index (χ3v) is 6.77. The number of amides is 2. The molecule has 1 aliphatic carbocycles. The minimum absolute atomic E-state index is 0.0986. The average Bonchev–Trinajstić information content (AvgIpc) is 3.30. The van der Waals surface area contributed by atoms with E-state index in [9.17, 15) is 32.3 Å². The first kappa shape index (κ1) is 26.9. The van der Waals surface area contributed by atoms with Crippen LogP contribution in [-0.4, -0.2) is 26.8 Å². The normalized spacial score (nSPS) is 13.5. The summed E-state index contributed by atoms with van der Waals surface area (Å²) in [4.78, 5) is 25.5. The van der Waals surface area contributed by atoms with Crippen LogP contribution in [0.15, 0.2) is 72.8 Å². The maximum atomic E-state index is 13.5. The first-order chi connectivity index (χ1) is 19.1. The number of rotatable bonds is 6. The van der Waals surface area contributed by atoms with Crippen molar-refractivity contribution < 1.29 is 32.3 Å². The fraction of sp³-hybridized carbons (Fsp3) is 0.207. The zero-order valence-corrected chi connectivity index (χ0v) is 21.0. The molecule has 1 fully saturated rings. The highest BCUT2D eigenvalue weighted by Crippen LogP contribution is 2.39. The minimum atomic E-state index is -4.59. The highest BCUT2D eigenvalue weighted by Gasteiger charge is 2.31. The molecule has 1 heterocycles. The van der Waals surface area contributed by atoms with E-state index in [1.807, 2.05) is 0 Å². The Hall–Kier alpha value is -4.67. The van der Waals surface area contributed by atoms with E-state index in [4.69, 9.17) is 0 Å². The lowest BCUT2D eigenvalue weighted by molar-refractivity contribution is -0.137. The molecule has 0 atom stereocenters. The van der Waals surface area contributed by atoms with Gasteiger partial charge in [0.05, 0.1) is 17.0 Å². The van der Waals surface area contributed by atoms with Gasteiger partial charge in [-0.15, -0.1) is 0 Å². The second kappa shape index (κ2) is 10.8. The number of halogens is 4. The number of aromatic hydroxyl groups is 1. The fourth-order valence-corrected chi connectivity index (χ4v) is 4.45.